The number of hydrogen-bond acceptors (Lipinski definition) is 3. The summed E-state index contributed by atoms with van der Waals surface area (Å²) in [5.74, 6) is 1.69. The van der Waals surface area contributed by atoms with Gasteiger partial charge in [0.05, 0.1) is 14.2 Å². The molecule has 1 aliphatic rings. The number of rotatable bonds is 4. The zero-order valence-corrected chi connectivity index (χ0v) is 12.9. The summed E-state index contributed by atoms with van der Waals surface area (Å²) in [5.41, 5.74) is 0.559. The van der Waals surface area contributed by atoms with Gasteiger partial charge in [0, 0.05) is 6.04 Å². The summed E-state index contributed by atoms with van der Waals surface area (Å²) in [7, 11) is 3.14. The van der Waals surface area contributed by atoms with Crippen LogP contribution in [0.1, 0.15) is 32.6 Å². The maximum Gasteiger partial charge on any atom is 0.319 e. The van der Waals surface area contributed by atoms with E-state index in [1.54, 1.807) is 26.4 Å². The third-order valence-corrected chi connectivity index (χ3v) is 4.09. The maximum atomic E-state index is 12.2. The van der Waals surface area contributed by atoms with Crippen LogP contribution in [-0.4, -0.2) is 26.3 Å². The molecule has 116 valence electrons. The molecule has 0 aromatic heterocycles. The van der Waals surface area contributed by atoms with Crippen LogP contribution in [0.3, 0.4) is 0 Å². The SMILES string of the molecule is COc1cccc(OC)c1NC(=O)NC1CCCCC1C. The average Bonchev–Trinajstić information content (AvgIpc) is 2.49. The van der Waals surface area contributed by atoms with Crippen molar-refractivity contribution in [1.82, 2.24) is 5.32 Å². The summed E-state index contributed by atoms with van der Waals surface area (Å²) < 4.78 is 10.6. The van der Waals surface area contributed by atoms with E-state index in [9.17, 15) is 4.79 Å². The Morgan fingerprint density at radius 2 is 1.76 bits per heavy atom. The van der Waals surface area contributed by atoms with Crippen LogP contribution in [0.5, 0.6) is 11.5 Å². The van der Waals surface area contributed by atoms with Gasteiger partial charge < -0.3 is 20.1 Å². The van der Waals surface area contributed by atoms with E-state index in [4.69, 9.17) is 9.47 Å². The Hall–Kier alpha value is -1.91. The van der Waals surface area contributed by atoms with Crippen molar-refractivity contribution < 1.29 is 14.3 Å². The number of benzene rings is 1. The van der Waals surface area contributed by atoms with Gasteiger partial charge in [0.25, 0.3) is 0 Å². The van der Waals surface area contributed by atoms with Crippen LogP contribution in [-0.2, 0) is 0 Å². The first kappa shape index (κ1) is 15.5. The number of carbonyl (C=O) groups is 1. The molecule has 0 aliphatic heterocycles. The lowest BCUT2D eigenvalue weighted by atomic mass is 9.86. The number of amides is 2. The molecule has 21 heavy (non-hydrogen) atoms. The maximum absolute atomic E-state index is 12.2. The molecule has 2 atom stereocenters. The van der Waals surface area contributed by atoms with E-state index in [2.05, 4.69) is 17.6 Å². The minimum absolute atomic E-state index is 0.212. The molecule has 0 bridgehead atoms. The topological polar surface area (TPSA) is 59.6 Å². The smallest absolute Gasteiger partial charge is 0.319 e. The molecule has 0 saturated heterocycles. The summed E-state index contributed by atoms with van der Waals surface area (Å²) in [4.78, 5) is 12.2. The largest absolute Gasteiger partial charge is 0.494 e. The quantitative estimate of drug-likeness (QED) is 0.894. The van der Waals surface area contributed by atoms with Gasteiger partial charge >= 0.3 is 6.03 Å². The molecule has 0 spiro atoms. The van der Waals surface area contributed by atoms with Gasteiger partial charge in [-0.15, -0.1) is 0 Å². The second-order valence-corrected chi connectivity index (χ2v) is 5.50. The monoisotopic (exact) mass is 292 g/mol. The van der Waals surface area contributed by atoms with E-state index >= 15 is 0 Å². The zero-order chi connectivity index (χ0) is 15.2. The Morgan fingerprint density at radius 3 is 2.33 bits per heavy atom. The fourth-order valence-electron chi connectivity index (χ4n) is 2.82. The van der Waals surface area contributed by atoms with Crippen molar-refractivity contribution in [1.29, 1.82) is 0 Å². The lowest BCUT2D eigenvalue weighted by Gasteiger charge is -2.29. The third kappa shape index (κ3) is 3.80. The van der Waals surface area contributed by atoms with Crippen LogP contribution in [0.4, 0.5) is 10.5 Å². The molecule has 1 saturated carbocycles. The first-order valence-corrected chi connectivity index (χ1v) is 7.44. The zero-order valence-electron chi connectivity index (χ0n) is 12.9. The number of para-hydroxylation sites is 1. The van der Waals surface area contributed by atoms with E-state index in [0.29, 0.717) is 23.1 Å². The molecule has 1 fully saturated rings. The summed E-state index contributed by atoms with van der Waals surface area (Å²) in [6, 6.07) is 5.43. The fraction of sp³-hybridized carbons (Fsp3) is 0.562. The van der Waals surface area contributed by atoms with Gasteiger partial charge in [0.1, 0.15) is 17.2 Å². The average molecular weight is 292 g/mol. The summed E-state index contributed by atoms with van der Waals surface area (Å²) in [6.07, 6.45) is 4.63. The highest BCUT2D eigenvalue weighted by molar-refractivity contribution is 5.93. The van der Waals surface area contributed by atoms with Crippen LogP contribution in [0.2, 0.25) is 0 Å². The number of urea groups is 1. The Kier molecular flexibility index (Phi) is 5.31. The van der Waals surface area contributed by atoms with Crippen molar-refractivity contribution in [3.05, 3.63) is 18.2 Å². The number of ether oxygens (including phenoxy) is 2. The molecule has 2 amide bonds. The highest BCUT2D eigenvalue weighted by atomic mass is 16.5. The first-order valence-electron chi connectivity index (χ1n) is 7.44. The van der Waals surface area contributed by atoms with Crippen LogP contribution in [0.15, 0.2) is 18.2 Å². The molecule has 0 radical (unpaired) electrons. The van der Waals surface area contributed by atoms with Crippen LogP contribution in [0.25, 0.3) is 0 Å². The van der Waals surface area contributed by atoms with E-state index in [1.165, 1.54) is 19.3 Å². The van der Waals surface area contributed by atoms with E-state index in [0.717, 1.165) is 6.42 Å². The van der Waals surface area contributed by atoms with Gasteiger partial charge in [-0.25, -0.2) is 4.79 Å². The molecule has 2 unspecified atom stereocenters. The normalized spacial score (nSPS) is 21.5. The fourth-order valence-corrected chi connectivity index (χ4v) is 2.82. The van der Waals surface area contributed by atoms with E-state index in [-0.39, 0.29) is 12.1 Å². The van der Waals surface area contributed by atoms with Gasteiger partial charge in [-0.1, -0.05) is 25.8 Å². The van der Waals surface area contributed by atoms with Crippen molar-refractivity contribution in [2.45, 2.75) is 38.6 Å². The van der Waals surface area contributed by atoms with Gasteiger partial charge in [-0.2, -0.15) is 0 Å². The minimum Gasteiger partial charge on any atom is -0.494 e. The Balaban J connectivity index is 2.05. The van der Waals surface area contributed by atoms with E-state index in [1.807, 2.05) is 6.07 Å². The lowest BCUT2D eigenvalue weighted by molar-refractivity contribution is 0.232. The molecule has 5 nitrogen and oxygen atoms in total. The van der Waals surface area contributed by atoms with Crippen molar-refractivity contribution in [2.24, 2.45) is 5.92 Å². The number of methoxy groups -OCH3 is 2. The lowest BCUT2D eigenvalue weighted by Crippen LogP contribution is -2.43. The molecule has 1 aromatic carbocycles. The number of hydrogen-bond donors (Lipinski definition) is 2. The molecule has 5 heteroatoms. The van der Waals surface area contributed by atoms with Crippen LogP contribution in [0, 0.1) is 5.92 Å². The van der Waals surface area contributed by atoms with Crippen molar-refractivity contribution in [3.63, 3.8) is 0 Å². The molecule has 2 N–H and O–H groups in total. The van der Waals surface area contributed by atoms with Crippen LogP contribution < -0.4 is 20.1 Å². The van der Waals surface area contributed by atoms with Crippen molar-refractivity contribution in [2.75, 3.05) is 19.5 Å². The summed E-state index contributed by atoms with van der Waals surface area (Å²) >= 11 is 0. The summed E-state index contributed by atoms with van der Waals surface area (Å²) in [6.45, 7) is 2.19. The minimum atomic E-state index is -0.212. The molecular formula is C16H24N2O3. The molecule has 1 aromatic rings. The first-order chi connectivity index (χ1) is 10.2. The number of carbonyl (C=O) groups excluding carboxylic acids is 1. The molecule has 2 rings (SSSR count). The predicted octanol–water partition coefficient (Wildman–Crippen LogP) is 3.40. The van der Waals surface area contributed by atoms with Crippen molar-refractivity contribution in [3.8, 4) is 11.5 Å². The Bertz CT molecular complexity index is 468. The number of anilines is 1. The van der Waals surface area contributed by atoms with Crippen molar-refractivity contribution >= 4 is 11.7 Å². The van der Waals surface area contributed by atoms with Crippen LogP contribution >= 0.6 is 0 Å². The Morgan fingerprint density at radius 1 is 1.14 bits per heavy atom. The van der Waals surface area contributed by atoms with Gasteiger partial charge in [0.2, 0.25) is 0 Å². The molecular weight excluding hydrogens is 268 g/mol. The summed E-state index contributed by atoms with van der Waals surface area (Å²) in [5, 5.41) is 5.91. The van der Waals surface area contributed by atoms with Gasteiger partial charge in [-0.3, -0.25) is 0 Å². The Labute approximate surface area is 126 Å². The highest BCUT2D eigenvalue weighted by Gasteiger charge is 2.23. The number of nitrogens with one attached hydrogen (secondary N) is 2. The van der Waals surface area contributed by atoms with E-state index < -0.39 is 0 Å². The standard InChI is InChI=1S/C16H24N2O3/c1-11-7-4-5-8-12(11)17-16(19)18-15-13(20-2)9-6-10-14(15)21-3/h6,9-12H,4-5,7-8H2,1-3H3,(H2,17,18,19). The molecule has 0 heterocycles. The van der Waals surface area contributed by atoms with Gasteiger partial charge in [0.15, 0.2) is 0 Å². The van der Waals surface area contributed by atoms with Gasteiger partial charge in [-0.05, 0) is 30.9 Å². The third-order valence-electron chi connectivity index (χ3n) is 4.09. The second kappa shape index (κ2) is 7.20. The molecule has 1 aliphatic carbocycles. The second-order valence-electron chi connectivity index (χ2n) is 5.50. The predicted molar refractivity (Wildman–Crippen MR) is 83.1 cm³/mol. The highest BCUT2D eigenvalue weighted by Crippen LogP contribution is 2.34.